The number of alkyl halides is 6. The van der Waals surface area contributed by atoms with Gasteiger partial charge in [-0.3, -0.25) is 0 Å². The molecule has 0 N–H and O–H groups in total. The van der Waals surface area contributed by atoms with E-state index in [-0.39, 0.29) is 17.4 Å². The fraction of sp³-hybridized carbons (Fsp3) is 1.00. The van der Waals surface area contributed by atoms with E-state index in [2.05, 4.69) is 0 Å². The van der Waals surface area contributed by atoms with Gasteiger partial charge in [-0.2, -0.15) is 30.6 Å². The van der Waals surface area contributed by atoms with Gasteiger partial charge < -0.3 is 4.48 Å². The Morgan fingerprint density at radius 1 is 1.04 bits per heavy atom. The van der Waals surface area contributed by atoms with Crippen molar-refractivity contribution in [2.75, 3.05) is 39.8 Å². The molecule has 0 unspecified atom stereocenters. The van der Waals surface area contributed by atoms with Gasteiger partial charge in [0.05, 0.1) is 39.8 Å². The minimum Gasteiger partial charge on any atom is -0.324 e. The summed E-state index contributed by atoms with van der Waals surface area (Å²) in [5.41, 5.74) is 0. The molecule has 1 aliphatic rings. The highest BCUT2D eigenvalue weighted by atomic mass is 32.2. The van der Waals surface area contributed by atoms with E-state index >= 15 is 0 Å². The molecule has 0 amide bonds. The molecule has 0 radical (unpaired) electrons. The summed E-state index contributed by atoms with van der Waals surface area (Å²) in [7, 11) is -4.12. The zero-order chi connectivity index (χ0) is 18.3. The first-order valence-electron chi connectivity index (χ1n) is 7.09. The van der Waals surface area contributed by atoms with E-state index in [9.17, 15) is 34.8 Å². The average Bonchev–Trinajstić information content (AvgIpc) is 2.37. The lowest BCUT2D eigenvalue weighted by atomic mass is 10.2. The van der Waals surface area contributed by atoms with Gasteiger partial charge in [0, 0.05) is 6.92 Å². The predicted octanol–water partition coefficient (Wildman–Crippen LogP) is 2.37. The number of piperazine rings is 1. The molecule has 0 aliphatic carbocycles. The minimum absolute atomic E-state index is 0.150. The van der Waals surface area contributed by atoms with Gasteiger partial charge in [-0.1, -0.05) is 6.92 Å². The number of hydrogen-bond acceptors (Lipinski definition) is 2. The van der Waals surface area contributed by atoms with Crippen LogP contribution >= 0.6 is 0 Å². The van der Waals surface area contributed by atoms with Crippen LogP contribution in [0.25, 0.3) is 0 Å². The van der Waals surface area contributed by atoms with Crippen molar-refractivity contribution in [3.8, 4) is 0 Å². The predicted molar refractivity (Wildman–Crippen MR) is 72.1 cm³/mol. The van der Waals surface area contributed by atoms with Crippen molar-refractivity contribution in [1.82, 2.24) is 4.31 Å². The largest absolute Gasteiger partial charge is 0.427 e. The fourth-order valence-electron chi connectivity index (χ4n) is 2.51. The maximum Gasteiger partial charge on any atom is 0.427 e. The van der Waals surface area contributed by atoms with Crippen LogP contribution in [0.15, 0.2) is 0 Å². The third kappa shape index (κ3) is 3.46. The van der Waals surface area contributed by atoms with Crippen LogP contribution in [0.2, 0.25) is 0 Å². The molecule has 0 aromatic heterocycles. The summed E-state index contributed by atoms with van der Waals surface area (Å²) in [5.74, 6) is -11.2. The number of halogens is 6. The Hall–Kier alpha value is -0.550. The van der Waals surface area contributed by atoms with Crippen molar-refractivity contribution < 1.29 is 39.2 Å². The van der Waals surface area contributed by atoms with Crippen LogP contribution < -0.4 is 0 Å². The lowest BCUT2D eigenvalue weighted by Gasteiger charge is -2.42. The van der Waals surface area contributed by atoms with E-state index in [1.54, 1.807) is 7.05 Å². The van der Waals surface area contributed by atoms with Crippen molar-refractivity contribution in [2.45, 2.75) is 37.4 Å². The molecule has 1 rings (SSSR count). The van der Waals surface area contributed by atoms with Crippen molar-refractivity contribution in [3.05, 3.63) is 0 Å². The van der Waals surface area contributed by atoms with Crippen LogP contribution in [0.4, 0.5) is 26.3 Å². The highest BCUT2D eigenvalue weighted by Crippen LogP contribution is 2.49. The zero-order valence-corrected chi connectivity index (χ0v) is 13.9. The number of rotatable bonds is 6. The lowest BCUT2D eigenvalue weighted by molar-refractivity contribution is -0.912. The Balaban J connectivity index is 3.05. The molecule has 0 saturated carbocycles. The maximum atomic E-state index is 13.7. The standard InChI is InChI=1S/C12H21F6N2O2S/c1-4-7-20(3)8-5-19(6-9-20)23(21,22)12(17,18)11(15,16)10(2,13)14/h4-9H2,1-3H3/q+1. The smallest absolute Gasteiger partial charge is 0.324 e. The van der Waals surface area contributed by atoms with E-state index in [0.29, 0.717) is 11.0 Å². The topological polar surface area (TPSA) is 37.4 Å². The lowest BCUT2D eigenvalue weighted by Crippen LogP contribution is -2.64. The Kier molecular flexibility index (Phi) is 5.41. The first-order valence-corrected chi connectivity index (χ1v) is 8.53. The average molecular weight is 371 g/mol. The van der Waals surface area contributed by atoms with E-state index in [0.717, 1.165) is 6.42 Å². The molecular weight excluding hydrogens is 350 g/mol. The molecule has 1 fully saturated rings. The van der Waals surface area contributed by atoms with Crippen LogP contribution in [0.1, 0.15) is 20.3 Å². The molecule has 4 nitrogen and oxygen atoms in total. The van der Waals surface area contributed by atoms with E-state index in [1.165, 1.54) is 0 Å². The molecule has 1 aliphatic heterocycles. The Morgan fingerprint density at radius 2 is 1.48 bits per heavy atom. The van der Waals surface area contributed by atoms with Gasteiger partial charge in [-0.15, -0.1) is 0 Å². The van der Waals surface area contributed by atoms with Crippen LogP contribution in [0.3, 0.4) is 0 Å². The molecule has 0 atom stereocenters. The molecule has 1 heterocycles. The van der Waals surface area contributed by atoms with Gasteiger partial charge in [-0.25, -0.2) is 8.42 Å². The second-order valence-corrected chi connectivity index (χ2v) is 8.15. The summed E-state index contributed by atoms with van der Waals surface area (Å²) in [4.78, 5) is 0. The highest BCUT2D eigenvalue weighted by Gasteiger charge is 2.76. The number of sulfonamides is 1. The zero-order valence-electron chi connectivity index (χ0n) is 13.1. The Morgan fingerprint density at radius 3 is 1.83 bits per heavy atom. The summed E-state index contributed by atoms with van der Waals surface area (Å²) in [6.45, 7) is 1.61. The maximum absolute atomic E-state index is 13.7. The Bertz CT molecular complexity index is 524. The molecule has 0 aromatic rings. The summed E-state index contributed by atoms with van der Waals surface area (Å²) in [5, 5.41) is -5.89. The summed E-state index contributed by atoms with van der Waals surface area (Å²) in [6, 6.07) is 0. The van der Waals surface area contributed by atoms with Crippen LogP contribution in [-0.4, -0.2) is 74.1 Å². The molecule has 1 saturated heterocycles. The van der Waals surface area contributed by atoms with Gasteiger partial charge in [0.2, 0.25) is 0 Å². The number of hydrogen-bond donors (Lipinski definition) is 0. The number of nitrogens with zero attached hydrogens (tertiary/aromatic N) is 2. The van der Waals surface area contributed by atoms with E-state index in [1.807, 2.05) is 6.92 Å². The number of quaternary nitrogens is 1. The van der Waals surface area contributed by atoms with Crippen molar-refractivity contribution in [3.63, 3.8) is 0 Å². The Labute approximate surface area is 131 Å². The first-order chi connectivity index (χ1) is 10.1. The van der Waals surface area contributed by atoms with Gasteiger partial charge in [0.1, 0.15) is 0 Å². The normalized spacial score (nSPS) is 21.4. The summed E-state index contributed by atoms with van der Waals surface area (Å²) in [6.07, 6.45) is 0.777. The summed E-state index contributed by atoms with van der Waals surface area (Å²) >= 11 is 0. The van der Waals surface area contributed by atoms with Crippen LogP contribution in [0.5, 0.6) is 0 Å². The minimum atomic E-state index is -6.00. The van der Waals surface area contributed by atoms with Gasteiger partial charge in [0.25, 0.3) is 10.0 Å². The molecule has 138 valence electrons. The van der Waals surface area contributed by atoms with E-state index in [4.69, 9.17) is 0 Å². The summed E-state index contributed by atoms with van der Waals surface area (Å²) < 4.78 is 104. The van der Waals surface area contributed by atoms with Crippen LogP contribution in [-0.2, 0) is 10.0 Å². The monoisotopic (exact) mass is 371 g/mol. The number of likely N-dealkylation sites (N-methyl/N-ethyl adjacent to an activating group) is 1. The van der Waals surface area contributed by atoms with Gasteiger partial charge in [0.15, 0.2) is 0 Å². The van der Waals surface area contributed by atoms with Gasteiger partial charge in [-0.05, 0) is 6.42 Å². The third-order valence-electron chi connectivity index (χ3n) is 4.12. The van der Waals surface area contributed by atoms with Crippen molar-refractivity contribution >= 4 is 10.0 Å². The van der Waals surface area contributed by atoms with Crippen molar-refractivity contribution in [2.24, 2.45) is 0 Å². The molecule has 0 spiro atoms. The molecule has 0 bridgehead atoms. The molecule has 23 heavy (non-hydrogen) atoms. The SMILES string of the molecule is CCC[N+]1(C)CCN(S(=O)(=O)C(F)(F)C(F)(F)C(C)(F)F)CC1. The molecule has 11 heteroatoms. The van der Waals surface area contributed by atoms with Crippen molar-refractivity contribution in [1.29, 1.82) is 0 Å². The van der Waals surface area contributed by atoms with Gasteiger partial charge >= 0.3 is 17.1 Å². The molecular formula is C12H21F6N2O2S+. The third-order valence-corrected chi connectivity index (χ3v) is 6.07. The van der Waals surface area contributed by atoms with E-state index < -0.39 is 47.1 Å². The molecule has 0 aromatic carbocycles. The second-order valence-electron chi connectivity index (χ2n) is 6.17. The first kappa shape index (κ1) is 20.5. The van der Waals surface area contributed by atoms with Crippen LogP contribution in [0, 0.1) is 0 Å². The quantitative estimate of drug-likeness (QED) is 0.531. The second kappa shape index (κ2) is 6.07. The highest BCUT2D eigenvalue weighted by molar-refractivity contribution is 7.90. The fourth-order valence-corrected chi connectivity index (χ4v) is 3.98.